The third kappa shape index (κ3) is 5.23. The van der Waals surface area contributed by atoms with E-state index >= 15 is 0 Å². The molecule has 122 valence electrons. The number of ether oxygens (including phenoxy) is 2. The van der Waals surface area contributed by atoms with Crippen LogP contribution in [-0.2, 0) is 9.47 Å². The van der Waals surface area contributed by atoms with Crippen LogP contribution in [0.15, 0.2) is 6.07 Å². The van der Waals surface area contributed by atoms with Crippen molar-refractivity contribution in [3.8, 4) is 0 Å². The minimum Gasteiger partial charge on any atom is -0.385 e. The highest BCUT2D eigenvalue weighted by atomic mass is 16.5. The summed E-state index contributed by atoms with van der Waals surface area (Å²) in [5, 5.41) is 6.05. The molecule has 2 N–H and O–H groups in total. The van der Waals surface area contributed by atoms with Gasteiger partial charge >= 0.3 is 0 Å². The molecular weight excluding hydrogens is 284 g/mol. The van der Waals surface area contributed by atoms with E-state index in [-0.39, 0.29) is 12.0 Å². The summed E-state index contributed by atoms with van der Waals surface area (Å²) in [4.78, 5) is 20.7. The van der Waals surface area contributed by atoms with E-state index in [1.54, 1.807) is 20.1 Å². The summed E-state index contributed by atoms with van der Waals surface area (Å²) < 4.78 is 10.5. The molecule has 0 radical (unpaired) electrons. The van der Waals surface area contributed by atoms with Gasteiger partial charge in [0.05, 0.1) is 6.10 Å². The summed E-state index contributed by atoms with van der Waals surface area (Å²) in [6, 6.07) is 1.67. The van der Waals surface area contributed by atoms with Crippen LogP contribution in [0, 0.1) is 6.92 Å². The molecule has 1 aromatic heterocycles. The Bertz CT molecular complexity index is 490. The van der Waals surface area contributed by atoms with Crippen molar-refractivity contribution in [2.24, 2.45) is 0 Å². The molecule has 0 saturated carbocycles. The maximum Gasteiger partial charge on any atom is 0.270 e. The van der Waals surface area contributed by atoms with Crippen LogP contribution in [0.5, 0.6) is 0 Å². The zero-order valence-electron chi connectivity index (χ0n) is 13.2. The van der Waals surface area contributed by atoms with Gasteiger partial charge in [0.25, 0.3) is 5.91 Å². The Balaban J connectivity index is 1.88. The van der Waals surface area contributed by atoms with E-state index in [9.17, 15) is 4.79 Å². The van der Waals surface area contributed by atoms with Gasteiger partial charge in [-0.05, 0) is 26.2 Å². The molecule has 22 heavy (non-hydrogen) atoms. The number of nitrogens with one attached hydrogen (secondary N) is 2. The smallest absolute Gasteiger partial charge is 0.270 e. The first kappa shape index (κ1) is 16.6. The van der Waals surface area contributed by atoms with Crippen molar-refractivity contribution in [1.29, 1.82) is 0 Å². The number of hydrogen-bond donors (Lipinski definition) is 2. The third-order valence-electron chi connectivity index (χ3n) is 3.42. The van der Waals surface area contributed by atoms with Gasteiger partial charge in [-0.15, -0.1) is 0 Å². The molecule has 7 nitrogen and oxygen atoms in total. The molecule has 1 aliphatic rings. The number of aromatic nitrogens is 2. The fraction of sp³-hybridized carbons (Fsp3) is 0.667. The number of nitrogens with zero attached hydrogens (tertiary/aromatic N) is 2. The van der Waals surface area contributed by atoms with E-state index in [0.717, 1.165) is 32.4 Å². The minimum atomic E-state index is -0.194. The lowest BCUT2D eigenvalue weighted by atomic mass is 10.2. The van der Waals surface area contributed by atoms with E-state index in [2.05, 4.69) is 20.6 Å². The number of hydrogen-bond acceptors (Lipinski definition) is 6. The average molecular weight is 308 g/mol. The quantitative estimate of drug-likeness (QED) is 0.701. The van der Waals surface area contributed by atoms with Gasteiger partial charge in [-0.3, -0.25) is 4.79 Å². The van der Waals surface area contributed by atoms with E-state index in [1.165, 1.54) is 0 Å². The molecule has 2 heterocycles. The molecule has 1 fully saturated rings. The Kier molecular flexibility index (Phi) is 6.54. The van der Waals surface area contributed by atoms with Crippen molar-refractivity contribution >= 4 is 11.7 Å². The van der Waals surface area contributed by atoms with Gasteiger partial charge in [0.15, 0.2) is 0 Å². The molecule has 1 aliphatic heterocycles. The second-order valence-corrected chi connectivity index (χ2v) is 5.30. The highest BCUT2D eigenvalue weighted by molar-refractivity contribution is 5.92. The van der Waals surface area contributed by atoms with Crippen molar-refractivity contribution < 1.29 is 14.3 Å². The number of methoxy groups -OCH3 is 1. The molecule has 0 spiro atoms. The van der Waals surface area contributed by atoms with Gasteiger partial charge in [0, 0.05) is 39.5 Å². The van der Waals surface area contributed by atoms with Crippen LogP contribution in [0.2, 0.25) is 0 Å². The first-order chi connectivity index (χ1) is 10.7. The highest BCUT2D eigenvalue weighted by Crippen LogP contribution is 2.11. The Morgan fingerprint density at radius 1 is 1.50 bits per heavy atom. The number of aryl methyl sites for hydroxylation is 1. The van der Waals surface area contributed by atoms with Crippen LogP contribution in [0.25, 0.3) is 0 Å². The summed E-state index contributed by atoms with van der Waals surface area (Å²) >= 11 is 0. The van der Waals surface area contributed by atoms with Crippen LogP contribution in [0.1, 0.15) is 35.6 Å². The Morgan fingerprint density at radius 3 is 3.09 bits per heavy atom. The third-order valence-corrected chi connectivity index (χ3v) is 3.42. The lowest BCUT2D eigenvalue weighted by Gasteiger charge is -2.11. The molecule has 0 bridgehead atoms. The normalized spacial score (nSPS) is 17.5. The van der Waals surface area contributed by atoms with Crippen LogP contribution < -0.4 is 10.6 Å². The SMILES string of the molecule is COCCCNc1cc(C(=O)NCC2CCCO2)nc(C)n1. The standard InChI is InChI=1S/C15H24N4O3/c1-11-18-13(9-14(19-11)16-6-4-7-21-2)15(20)17-10-12-5-3-8-22-12/h9,12H,3-8,10H2,1-2H3,(H,17,20)(H,16,18,19). The van der Waals surface area contributed by atoms with Crippen LogP contribution in [0.4, 0.5) is 5.82 Å². The molecule has 2 rings (SSSR count). The second-order valence-electron chi connectivity index (χ2n) is 5.30. The zero-order chi connectivity index (χ0) is 15.8. The number of rotatable bonds is 8. The van der Waals surface area contributed by atoms with Crippen LogP contribution >= 0.6 is 0 Å². The summed E-state index contributed by atoms with van der Waals surface area (Å²) in [5.41, 5.74) is 0.375. The maximum absolute atomic E-state index is 12.2. The highest BCUT2D eigenvalue weighted by Gasteiger charge is 2.17. The van der Waals surface area contributed by atoms with Gasteiger partial charge in [-0.2, -0.15) is 0 Å². The minimum absolute atomic E-state index is 0.124. The molecule has 1 unspecified atom stereocenters. The molecule has 7 heteroatoms. The zero-order valence-corrected chi connectivity index (χ0v) is 13.2. The van der Waals surface area contributed by atoms with Crippen molar-refractivity contribution in [1.82, 2.24) is 15.3 Å². The molecule has 1 saturated heterocycles. The molecule has 1 amide bonds. The molecule has 0 aromatic carbocycles. The van der Waals surface area contributed by atoms with Crippen molar-refractivity contribution in [2.45, 2.75) is 32.3 Å². The first-order valence-corrected chi connectivity index (χ1v) is 7.67. The van der Waals surface area contributed by atoms with E-state index in [4.69, 9.17) is 9.47 Å². The van der Waals surface area contributed by atoms with E-state index < -0.39 is 0 Å². The lowest BCUT2D eigenvalue weighted by molar-refractivity contribution is 0.0853. The predicted molar refractivity (Wildman–Crippen MR) is 83.1 cm³/mol. The Hall–Kier alpha value is -1.73. The Morgan fingerprint density at radius 2 is 2.36 bits per heavy atom. The molecular formula is C15H24N4O3. The van der Waals surface area contributed by atoms with E-state index in [1.807, 2.05) is 0 Å². The fourth-order valence-corrected chi connectivity index (χ4v) is 2.31. The van der Waals surface area contributed by atoms with Gasteiger partial charge in [-0.25, -0.2) is 9.97 Å². The number of amides is 1. The Labute approximate surface area is 130 Å². The topological polar surface area (TPSA) is 85.4 Å². The monoisotopic (exact) mass is 308 g/mol. The second kappa shape index (κ2) is 8.65. The first-order valence-electron chi connectivity index (χ1n) is 7.67. The summed E-state index contributed by atoms with van der Waals surface area (Å²) in [7, 11) is 1.67. The lowest BCUT2D eigenvalue weighted by Crippen LogP contribution is -2.32. The molecule has 1 atom stereocenters. The van der Waals surface area contributed by atoms with Crippen molar-refractivity contribution in [3.05, 3.63) is 17.6 Å². The fourth-order valence-electron chi connectivity index (χ4n) is 2.31. The molecule has 1 aromatic rings. The summed E-state index contributed by atoms with van der Waals surface area (Å²) in [5.74, 6) is 1.03. The van der Waals surface area contributed by atoms with Gasteiger partial charge < -0.3 is 20.1 Å². The van der Waals surface area contributed by atoms with E-state index in [0.29, 0.717) is 30.5 Å². The summed E-state index contributed by atoms with van der Waals surface area (Å²) in [6.07, 6.45) is 3.05. The van der Waals surface area contributed by atoms with Gasteiger partial charge in [-0.1, -0.05) is 0 Å². The van der Waals surface area contributed by atoms with Crippen molar-refractivity contribution in [3.63, 3.8) is 0 Å². The van der Waals surface area contributed by atoms with Crippen LogP contribution in [-0.4, -0.2) is 55.4 Å². The maximum atomic E-state index is 12.2. The number of carbonyl (C=O) groups excluding carboxylic acids is 1. The average Bonchev–Trinajstić information content (AvgIpc) is 3.02. The number of carbonyl (C=O) groups is 1. The van der Waals surface area contributed by atoms with Crippen molar-refractivity contribution in [2.75, 3.05) is 38.7 Å². The largest absolute Gasteiger partial charge is 0.385 e. The van der Waals surface area contributed by atoms with Crippen LogP contribution in [0.3, 0.4) is 0 Å². The summed E-state index contributed by atoms with van der Waals surface area (Å²) in [6.45, 7) is 4.51. The van der Waals surface area contributed by atoms with Gasteiger partial charge in [0.1, 0.15) is 17.3 Å². The van der Waals surface area contributed by atoms with Gasteiger partial charge in [0.2, 0.25) is 0 Å². The predicted octanol–water partition coefficient (Wildman–Crippen LogP) is 1.14. The molecule has 0 aliphatic carbocycles. The number of anilines is 1.